The smallest absolute Gasteiger partial charge is 0.118 e. The van der Waals surface area contributed by atoms with Crippen molar-refractivity contribution in [1.29, 1.82) is 0 Å². The molecule has 2 nitrogen and oxygen atoms in total. The molecule has 1 fully saturated rings. The van der Waals surface area contributed by atoms with E-state index < -0.39 is 0 Å². The molecule has 1 heterocycles. The predicted octanol–water partition coefficient (Wildman–Crippen LogP) is 3.40. The van der Waals surface area contributed by atoms with Gasteiger partial charge in [-0.05, 0) is 30.5 Å². The molecule has 1 aromatic carbocycles. The van der Waals surface area contributed by atoms with Gasteiger partial charge < -0.3 is 9.47 Å². The van der Waals surface area contributed by atoms with Crippen molar-refractivity contribution in [1.82, 2.24) is 0 Å². The average Bonchev–Trinajstić information content (AvgIpc) is 2.39. The summed E-state index contributed by atoms with van der Waals surface area (Å²) in [7, 11) is 1.67. The van der Waals surface area contributed by atoms with Crippen LogP contribution < -0.4 is 4.74 Å². The van der Waals surface area contributed by atoms with Gasteiger partial charge in [-0.1, -0.05) is 12.1 Å². The third kappa shape index (κ3) is 2.69. The highest BCUT2D eigenvalue weighted by atomic mass is 35.5. The van der Waals surface area contributed by atoms with E-state index in [9.17, 15) is 0 Å². The average molecular weight is 241 g/mol. The number of rotatable bonds is 3. The molecule has 0 bridgehead atoms. The third-order valence-electron chi connectivity index (χ3n) is 3.04. The van der Waals surface area contributed by atoms with Crippen LogP contribution in [0.3, 0.4) is 0 Å². The Kier molecular flexibility index (Phi) is 4.08. The number of hydrogen-bond acceptors (Lipinski definition) is 2. The van der Waals surface area contributed by atoms with Crippen molar-refractivity contribution in [2.45, 2.75) is 18.2 Å². The summed E-state index contributed by atoms with van der Waals surface area (Å²) in [5.41, 5.74) is 1.15. The topological polar surface area (TPSA) is 18.5 Å². The Balaban J connectivity index is 2.04. The van der Waals surface area contributed by atoms with Crippen LogP contribution in [0.25, 0.3) is 0 Å². The number of hydrogen-bond donors (Lipinski definition) is 0. The van der Waals surface area contributed by atoms with Crippen LogP contribution in [0.15, 0.2) is 24.3 Å². The lowest BCUT2D eigenvalue weighted by atomic mass is 9.93. The largest absolute Gasteiger partial charge is 0.497 e. The fraction of sp³-hybridized carbons (Fsp3) is 0.538. The molecule has 1 aliphatic heterocycles. The molecule has 2 unspecified atom stereocenters. The zero-order chi connectivity index (χ0) is 11.4. The molecule has 2 rings (SSSR count). The zero-order valence-corrected chi connectivity index (χ0v) is 10.2. The van der Waals surface area contributed by atoms with Gasteiger partial charge in [0.15, 0.2) is 0 Å². The fourth-order valence-electron chi connectivity index (χ4n) is 2.06. The number of ether oxygens (including phenoxy) is 2. The Bertz CT molecular complexity index is 317. The van der Waals surface area contributed by atoms with E-state index >= 15 is 0 Å². The second kappa shape index (κ2) is 5.55. The fourth-order valence-corrected chi connectivity index (χ4v) is 2.40. The van der Waals surface area contributed by atoms with Crippen LogP contribution in [0.2, 0.25) is 0 Å². The van der Waals surface area contributed by atoms with E-state index in [1.807, 2.05) is 24.3 Å². The van der Waals surface area contributed by atoms with Gasteiger partial charge >= 0.3 is 0 Å². The van der Waals surface area contributed by atoms with Crippen LogP contribution in [0.1, 0.15) is 23.8 Å². The molecule has 88 valence electrons. The monoisotopic (exact) mass is 240 g/mol. The molecule has 16 heavy (non-hydrogen) atoms. The molecule has 1 saturated heterocycles. The summed E-state index contributed by atoms with van der Waals surface area (Å²) in [5.74, 6) is 1.30. The van der Waals surface area contributed by atoms with Gasteiger partial charge in [0.1, 0.15) is 5.75 Å². The number of halogens is 1. The number of benzene rings is 1. The van der Waals surface area contributed by atoms with Crippen molar-refractivity contribution in [3.05, 3.63) is 29.8 Å². The predicted molar refractivity (Wildman–Crippen MR) is 65.1 cm³/mol. The van der Waals surface area contributed by atoms with Crippen LogP contribution in [-0.2, 0) is 4.74 Å². The first kappa shape index (κ1) is 11.7. The van der Waals surface area contributed by atoms with Crippen LogP contribution in [-0.4, -0.2) is 20.3 Å². The standard InChI is InChI=1S/C13H17ClO2/c1-15-12-6-4-10(5-7-12)13(14)11-3-2-8-16-9-11/h4-7,11,13H,2-3,8-9H2,1H3. The molecule has 0 aliphatic carbocycles. The van der Waals surface area contributed by atoms with Crippen molar-refractivity contribution in [2.75, 3.05) is 20.3 Å². The van der Waals surface area contributed by atoms with Crippen molar-refractivity contribution >= 4 is 11.6 Å². The Morgan fingerprint density at radius 2 is 2.12 bits per heavy atom. The minimum absolute atomic E-state index is 0.0474. The second-order valence-corrected chi connectivity index (χ2v) is 4.62. The molecule has 0 N–H and O–H groups in total. The van der Waals surface area contributed by atoms with E-state index in [1.165, 1.54) is 0 Å². The van der Waals surface area contributed by atoms with E-state index in [4.69, 9.17) is 21.1 Å². The first-order valence-electron chi connectivity index (χ1n) is 5.67. The van der Waals surface area contributed by atoms with Gasteiger partial charge in [0, 0.05) is 12.5 Å². The lowest BCUT2D eigenvalue weighted by Crippen LogP contribution is -2.21. The Labute approximate surface area is 102 Å². The minimum Gasteiger partial charge on any atom is -0.497 e. The van der Waals surface area contributed by atoms with Crippen molar-refractivity contribution < 1.29 is 9.47 Å². The van der Waals surface area contributed by atoms with Crippen LogP contribution in [0.5, 0.6) is 5.75 Å². The zero-order valence-electron chi connectivity index (χ0n) is 9.49. The van der Waals surface area contributed by atoms with Gasteiger partial charge in [-0.2, -0.15) is 0 Å². The second-order valence-electron chi connectivity index (χ2n) is 4.15. The molecular formula is C13H17ClO2. The molecule has 1 aromatic rings. The highest BCUT2D eigenvalue weighted by molar-refractivity contribution is 6.21. The quantitative estimate of drug-likeness (QED) is 0.754. The summed E-state index contributed by atoms with van der Waals surface area (Å²) >= 11 is 6.46. The lowest BCUT2D eigenvalue weighted by molar-refractivity contribution is 0.0531. The minimum atomic E-state index is 0.0474. The molecular weight excluding hydrogens is 224 g/mol. The van der Waals surface area contributed by atoms with E-state index in [-0.39, 0.29) is 5.38 Å². The SMILES string of the molecule is COc1ccc(C(Cl)C2CCCOC2)cc1. The maximum atomic E-state index is 6.46. The molecule has 0 spiro atoms. The molecule has 0 aromatic heterocycles. The molecule has 2 atom stereocenters. The molecule has 3 heteroatoms. The molecule has 0 saturated carbocycles. The van der Waals surface area contributed by atoms with Gasteiger partial charge in [-0.3, -0.25) is 0 Å². The van der Waals surface area contributed by atoms with E-state index in [0.29, 0.717) is 5.92 Å². The van der Waals surface area contributed by atoms with Crippen LogP contribution in [0, 0.1) is 5.92 Å². The molecule has 1 aliphatic rings. The summed E-state index contributed by atoms with van der Waals surface area (Å²) in [5, 5.41) is 0.0474. The van der Waals surface area contributed by atoms with Crippen molar-refractivity contribution in [2.24, 2.45) is 5.92 Å². The Hall–Kier alpha value is -0.730. The first-order chi connectivity index (χ1) is 7.81. The lowest BCUT2D eigenvalue weighted by Gasteiger charge is -2.26. The van der Waals surface area contributed by atoms with Gasteiger partial charge in [0.25, 0.3) is 0 Å². The van der Waals surface area contributed by atoms with Crippen LogP contribution in [0.4, 0.5) is 0 Å². The third-order valence-corrected chi connectivity index (χ3v) is 3.65. The number of alkyl halides is 1. The maximum absolute atomic E-state index is 6.46. The van der Waals surface area contributed by atoms with Crippen molar-refractivity contribution in [3.63, 3.8) is 0 Å². The maximum Gasteiger partial charge on any atom is 0.118 e. The van der Waals surface area contributed by atoms with Gasteiger partial charge in [0.2, 0.25) is 0 Å². The summed E-state index contributed by atoms with van der Waals surface area (Å²) in [6.07, 6.45) is 2.27. The highest BCUT2D eigenvalue weighted by Gasteiger charge is 2.23. The summed E-state index contributed by atoms with van der Waals surface area (Å²) in [4.78, 5) is 0. The molecule has 0 radical (unpaired) electrons. The van der Waals surface area contributed by atoms with Gasteiger partial charge in [-0.25, -0.2) is 0 Å². The van der Waals surface area contributed by atoms with Gasteiger partial charge in [0.05, 0.1) is 19.1 Å². The number of methoxy groups -OCH3 is 1. The summed E-state index contributed by atoms with van der Waals surface area (Å²) < 4.78 is 10.6. The first-order valence-corrected chi connectivity index (χ1v) is 6.10. The summed E-state index contributed by atoms with van der Waals surface area (Å²) in [6.45, 7) is 1.66. The van der Waals surface area contributed by atoms with E-state index in [0.717, 1.165) is 37.4 Å². The Morgan fingerprint density at radius 1 is 1.38 bits per heavy atom. The molecule has 0 amide bonds. The Morgan fingerprint density at radius 3 is 2.69 bits per heavy atom. The summed E-state index contributed by atoms with van der Waals surface area (Å²) in [6, 6.07) is 7.97. The van der Waals surface area contributed by atoms with Crippen LogP contribution >= 0.6 is 11.6 Å². The van der Waals surface area contributed by atoms with E-state index in [2.05, 4.69) is 0 Å². The van der Waals surface area contributed by atoms with E-state index in [1.54, 1.807) is 7.11 Å². The van der Waals surface area contributed by atoms with Crippen molar-refractivity contribution in [3.8, 4) is 5.75 Å². The van der Waals surface area contributed by atoms with Gasteiger partial charge in [-0.15, -0.1) is 11.6 Å². The normalized spacial score (nSPS) is 22.8. The highest BCUT2D eigenvalue weighted by Crippen LogP contribution is 2.34.